The Bertz CT molecular complexity index is 402. The van der Waals surface area contributed by atoms with Gasteiger partial charge in [-0.15, -0.1) is 0 Å². The van der Waals surface area contributed by atoms with Gasteiger partial charge in [0, 0.05) is 18.8 Å². The van der Waals surface area contributed by atoms with Crippen molar-refractivity contribution in [2.24, 2.45) is 0 Å². The molecule has 1 aromatic heterocycles. The number of hydrogen-bond donors (Lipinski definition) is 2. The number of hydrogen-bond acceptors (Lipinski definition) is 4. The molecular weight excluding hydrogens is 238 g/mol. The molecule has 0 aliphatic carbocycles. The van der Waals surface area contributed by atoms with Crippen molar-refractivity contribution >= 4 is 5.82 Å². The Hall–Kier alpha value is -1.13. The molecule has 2 heterocycles. The standard InChI is InChI=1S/C15H25N3O/c1-3-17-13(15(2)8-4-5-10-19-15)11-12-7-6-9-18-14(12)16/h6-7,9,13,17H,3-5,8,10-11H2,1-2H3,(H2,16,18). The summed E-state index contributed by atoms with van der Waals surface area (Å²) in [6.07, 6.45) is 6.11. The van der Waals surface area contributed by atoms with Crippen molar-refractivity contribution in [1.29, 1.82) is 0 Å². The lowest BCUT2D eigenvalue weighted by Gasteiger charge is -2.41. The first-order chi connectivity index (χ1) is 9.15. The third-order valence-corrected chi connectivity index (χ3v) is 4.04. The highest BCUT2D eigenvalue weighted by Crippen LogP contribution is 2.30. The van der Waals surface area contributed by atoms with E-state index < -0.39 is 0 Å². The molecular formula is C15H25N3O. The van der Waals surface area contributed by atoms with Gasteiger partial charge >= 0.3 is 0 Å². The third kappa shape index (κ3) is 3.45. The van der Waals surface area contributed by atoms with Crippen molar-refractivity contribution in [2.45, 2.75) is 51.2 Å². The molecule has 19 heavy (non-hydrogen) atoms. The van der Waals surface area contributed by atoms with Crippen LogP contribution in [0.3, 0.4) is 0 Å². The molecule has 0 saturated carbocycles. The number of ether oxygens (including phenoxy) is 1. The molecule has 1 fully saturated rings. The Kier molecular flexibility index (Phi) is 4.77. The summed E-state index contributed by atoms with van der Waals surface area (Å²) < 4.78 is 6.07. The summed E-state index contributed by atoms with van der Waals surface area (Å²) in [5.41, 5.74) is 6.96. The van der Waals surface area contributed by atoms with Gasteiger partial charge in [0.2, 0.25) is 0 Å². The lowest BCUT2D eigenvalue weighted by atomic mass is 9.84. The van der Waals surface area contributed by atoms with Crippen LogP contribution in [-0.2, 0) is 11.2 Å². The molecule has 0 spiro atoms. The van der Waals surface area contributed by atoms with Gasteiger partial charge in [0.15, 0.2) is 0 Å². The molecule has 0 bridgehead atoms. The molecule has 1 aliphatic rings. The molecule has 1 aromatic rings. The highest BCUT2D eigenvalue weighted by molar-refractivity contribution is 5.39. The predicted molar refractivity (Wildman–Crippen MR) is 78.0 cm³/mol. The molecule has 106 valence electrons. The summed E-state index contributed by atoms with van der Waals surface area (Å²) in [5, 5.41) is 3.56. The van der Waals surface area contributed by atoms with Crippen LogP contribution in [0.4, 0.5) is 5.82 Å². The van der Waals surface area contributed by atoms with Crippen molar-refractivity contribution < 1.29 is 4.74 Å². The van der Waals surface area contributed by atoms with Gasteiger partial charge in [-0.05, 0) is 50.8 Å². The molecule has 0 radical (unpaired) electrons. The van der Waals surface area contributed by atoms with Crippen LogP contribution >= 0.6 is 0 Å². The molecule has 2 unspecified atom stereocenters. The summed E-state index contributed by atoms with van der Waals surface area (Å²) >= 11 is 0. The van der Waals surface area contributed by atoms with E-state index in [4.69, 9.17) is 10.5 Å². The van der Waals surface area contributed by atoms with Crippen molar-refractivity contribution in [3.05, 3.63) is 23.9 Å². The Morgan fingerprint density at radius 3 is 3.00 bits per heavy atom. The summed E-state index contributed by atoms with van der Waals surface area (Å²) in [4.78, 5) is 4.17. The van der Waals surface area contributed by atoms with Gasteiger partial charge < -0.3 is 15.8 Å². The number of nitrogen functional groups attached to an aromatic ring is 1. The Labute approximate surface area is 115 Å². The van der Waals surface area contributed by atoms with Crippen LogP contribution in [0.2, 0.25) is 0 Å². The number of likely N-dealkylation sites (N-methyl/N-ethyl adjacent to an activating group) is 1. The van der Waals surface area contributed by atoms with Gasteiger partial charge in [0.25, 0.3) is 0 Å². The molecule has 4 nitrogen and oxygen atoms in total. The minimum atomic E-state index is -0.101. The Morgan fingerprint density at radius 1 is 1.53 bits per heavy atom. The van der Waals surface area contributed by atoms with Crippen LogP contribution in [0.25, 0.3) is 0 Å². The molecule has 0 amide bonds. The number of aromatic nitrogens is 1. The van der Waals surface area contributed by atoms with E-state index in [1.165, 1.54) is 12.8 Å². The largest absolute Gasteiger partial charge is 0.383 e. The summed E-state index contributed by atoms with van der Waals surface area (Å²) in [6.45, 7) is 6.14. The zero-order chi connectivity index (χ0) is 13.7. The van der Waals surface area contributed by atoms with Gasteiger partial charge in [0.1, 0.15) is 5.82 Å². The second kappa shape index (κ2) is 6.35. The van der Waals surface area contributed by atoms with E-state index in [0.717, 1.165) is 31.6 Å². The fourth-order valence-corrected chi connectivity index (χ4v) is 2.82. The molecule has 1 aliphatic heterocycles. The van der Waals surface area contributed by atoms with E-state index in [-0.39, 0.29) is 11.6 Å². The van der Waals surface area contributed by atoms with Crippen LogP contribution in [0.15, 0.2) is 18.3 Å². The Balaban J connectivity index is 2.13. The van der Waals surface area contributed by atoms with Crippen LogP contribution < -0.4 is 11.1 Å². The van der Waals surface area contributed by atoms with Crippen LogP contribution in [-0.4, -0.2) is 29.8 Å². The first kappa shape index (κ1) is 14.3. The first-order valence-corrected chi connectivity index (χ1v) is 7.22. The lowest BCUT2D eigenvalue weighted by molar-refractivity contribution is -0.0881. The summed E-state index contributed by atoms with van der Waals surface area (Å²) in [6, 6.07) is 4.28. The van der Waals surface area contributed by atoms with Gasteiger partial charge in [-0.1, -0.05) is 13.0 Å². The van der Waals surface area contributed by atoms with E-state index in [9.17, 15) is 0 Å². The van der Waals surface area contributed by atoms with Crippen molar-refractivity contribution in [3.63, 3.8) is 0 Å². The van der Waals surface area contributed by atoms with E-state index in [0.29, 0.717) is 5.82 Å². The quantitative estimate of drug-likeness (QED) is 0.854. The average molecular weight is 263 g/mol. The van der Waals surface area contributed by atoms with Gasteiger partial charge in [0.05, 0.1) is 5.60 Å². The average Bonchev–Trinajstić information content (AvgIpc) is 2.41. The highest BCUT2D eigenvalue weighted by Gasteiger charge is 2.36. The molecule has 0 aromatic carbocycles. The SMILES string of the molecule is CCNC(Cc1cccnc1N)C1(C)CCCCO1. The predicted octanol–water partition coefficient (Wildman–Crippen LogP) is 2.14. The molecule has 2 rings (SSSR count). The summed E-state index contributed by atoms with van der Waals surface area (Å²) in [7, 11) is 0. The minimum Gasteiger partial charge on any atom is -0.383 e. The highest BCUT2D eigenvalue weighted by atomic mass is 16.5. The fraction of sp³-hybridized carbons (Fsp3) is 0.667. The molecule has 3 N–H and O–H groups in total. The topological polar surface area (TPSA) is 60.2 Å². The molecule has 1 saturated heterocycles. The Morgan fingerprint density at radius 2 is 2.37 bits per heavy atom. The number of rotatable bonds is 5. The number of nitrogens with zero attached hydrogens (tertiary/aromatic N) is 1. The number of anilines is 1. The van der Waals surface area contributed by atoms with E-state index >= 15 is 0 Å². The van der Waals surface area contributed by atoms with Gasteiger partial charge in [-0.3, -0.25) is 0 Å². The van der Waals surface area contributed by atoms with Crippen molar-refractivity contribution in [3.8, 4) is 0 Å². The number of nitrogens with one attached hydrogen (secondary N) is 1. The maximum Gasteiger partial charge on any atom is 0.126 e. The lowest BCUT2D eigenvalue weighted by Crippen LogP contribution is -2.53. The monoisotopic (exact) mass is 263 g/mol. The zero-order valence-electron chi connectivity index (χ0n) is 12.0. The van der Waals surface area contributed by atoms with Gasteiger partial charge in [-0.25, -0.2) is 4.98 Å². The normalized spacial score (nSPS) is 25.2. The fourth-order valence-electron chi connectivity index (χ4n) is 2.82. The third-order valence-electron chi connectivity index (χ3n) is 4.04. The van der Waals surface area contributed by atoms with E-state index in [1.54, 1.807) is 6.20 Å². The van der Waals surface area contributed by atoms with Crippen molar-refractivity contribution in [2.75, 3.05) is 18.9 Å². The number of pyridine rings is 1. The molecule has 4 heteroatoms. The summed E-state index contributed by atoms with van der Waals surface area (Å²) in [5.74, 6) is 0.629. The van der Waals surface area contributed by atoms with Crippen LogP contribution in [0, 0.1) is 0 Å². The van der Waals surface area contributed by atoms with Crippen LogP contribution in [0.1, 0.15) is 38.7 Å². The second-order valence-electron chi connectivity index (χ2n) is 5.48. The zero-order valence-corrected chi connectivity index (χ0v) is 12.0. The molecule has 2 atom stereocenters. The maximum atomic E-state index is 6.07. The number of nitrogens with two attached hydrogens (primary N) is 1. The first-order valence-electron chi connectivity index (χ1n) is 7.22. The second-order valence-corrected chi connectivity index (χ2v) is 5.48. The van der Waals surface area contributed by atoms with Gasteiger partial charge in [-0.2, -0.15) is 0 Å². The van der Waals surface area contributed by atoms with E-state index in [2.05, 4.69) is 30.2 Å². The van der Waals surface area contributed by atoms with E-state index in [1.807, 2.05) is 6.07 Å². The van der Waals surface area contributed by atoms with Crippen LogP contribution in [0.5, 0.6) is 0 Å². The van der Waals surface area contributed by atoms with Crippen molar-refractivity contribution in [1.82, 2.24) is 10.3 Å². The smallest absolute Gasteiger partial charge is 0.126 e. The minimum absolute atomic E-state index is 0.101. The maximum absolute atomic E-state index is 6.07.